The topological polar surface area (TPSA) is 74.0 Å². The molecule has 3 aromatic rings. The first-order chi connectivity index (χ1) is 17.2. The molecule has 35 heavy (non-hydrogen) atoms. The van der Waals surface area contributed by atoms with Gasteiger partial charge in [-0.05, 0) is 68.6 Å². The van der Waals surface area contributed by atoms with Gasteiger partial charge >= 0.3 is 0 Å². The number of rotatable bonds is 12. The normalized spacial score (nSPS) is 14.6. The number of piperidine rings is 1. The Balaban J connectivity index is 1.23. The van der Waals surface area contributed by atoms with Gasteiger partial charge < -0.3 is 23.6 Å². The van der Waals surface area contributed by atoms with Crippen LogP contribution in [0.5, 0.6) is 17.2 Å². The van der Waals surface area contributed by atoms with E-state index in [2.05, 4.69) is 23.0 Å². The van der Waals surface area contributed by atoms with E-state index in [1.54, 1.807) is 19.1 Å². The van der Waals surface area contributed by atoms with Crippen LogP contribution in [0.3, 0.4) is 0 Å². The summed E-state index contributed by atoms with van der Waals surface area (Å²) in [5, 5.41) is 5.52. The third-order valence-electron chi connectivity index (χ3n) is 6.50. The first-order valence-corrected chi connectivity index (χ1v) is 12.5. The molecule has 1 fully saturated rings. The Morgan fingerprint density at radius 1 is 1.09 bits per heavy atom. The summed E-state index contributed by atoms with van der Waals surface area (Å²) >= 11 is 0. The van der Waals surface area contributed by atoms with Crippen LogP contribution < -0.4 is 14.2 Å². The molecule has 0 spiro atoms. The van der Waals surface area contributed by atoms with Crippen molar-refractivity contribution in [3.63, 3.8) is 0 Å². The fourth-order valence-corrected chi connectivity index (χ4v) is 4.52. The molecular formula is C28H34N2O5. The van der Waals surface area contributed by atoms with Crippen molar-refractivity contribution in [1.82, 2.24) is 10.1 Å². The maximum Gasteiger partial charge on any atom is 0.170 e. The van der Waals surface area contributed by atoms with Crippen LogP contribution in [0.25, 0.3) is 17.0 Å². The summed E-state index contributed by atoms with van der Waals surface area (Å²) in [5.41, 5.74) is 2.62. The molecule has 0 radical (unpaired) electrons. The zero-order chi connectivity index (χ0) is 24.5. The second-order valence-electron chi connectivity index (χ2n) is 8.92. The molecule has 0 saturated carbocycles. The Labute approximate surface area is 206 Å². The van der Waals surface area contributed by atoms with Crippen LogP contribution in [-0.2, 0) is 4.79 Å². The van der Waals surface area contributed by atoms with E-state index in [4.69, 9.17) is 18.7 Å². The molecule has 0 atom stereocenters. The van der Waals surface area contributed by atoms with Crippen molar-refractivity contribution in [2.45, 2.75) is 44.9 Å². The number of fused-ring (bicyclic) bond motifs is 1. The zero-order valence-corrected chi connectivity index (χ0v) is 20.6. The number of benzene rings is 2. The van der Waals surface area contributed by atoms with E-state index in [1.165, 1.54) is 6.08 Å². The van der Waals surface area contributed by atoms with Gasteiger partial charge in [-0.3, -0.25) is 0 Å². The van der Waals surface area contributed by atoms with Crippen molar-refractivity contribution in [3.8, 4) is 17.2 Å². The molecule has 4 rings (SSSR count). The van der Waals surface area contributed by atoms with Gasteiger partial charge in [0.1, 0.15) is 11.7 Å². The molecule has 2 aromatic carbocycles. The smallest absolute Gasteiger partial charge is 0.170 e. The molecule has 0 aliphatic carbocycles. The fraction of sp³-hybridized carbons (Fsp3) is 0.464. The molecule has 1 aliphatic heterocycles. The van der Waals surface area contributed by atoms with Gasteiger partial charge in [-0.15, -0.1) is 0 Å². The second kappa shape index (κ2) is 12.4. The van der Waals surface area contributed by atoms with Crippen LogP contribution in [0.4, 0.5) is 0 Å². The van der Waals surface area contributed by atoms with Crippen molar-refractivity contribution >= 4 is 23.0 Å². The summed E-state index contributed by atoms with van der Waals surface area (Å²) in [5.74, 6) is 4.35. The summed E-state index contributed by atoms with van der Waals surface area (Å²) in [6.45, 7) is 6.54. The molecule has 7 nitrogen and oxygen atoms in total. The van der Waals surface area contributed by atoms with E-state index in [0.717, 1.165) is 86.3 Å². The van der Waals surface area contributed by atoms with Crippen molar-refractivity contribution in [1.29, 1.82) is 0 Å². The van der Waals surface area contributed by atoms with Gasteiger partial charge in [-0.25, -0.2) is 4.79 Å². The highest BCUT2D eigenvalue weighted by Gasteiger charge is 2.25. The maximum absolute atomic E-state index is 10.5. The summed E-state index contributed by atoms with van der Waals surface area (Å²) in [6, 6.07) is 11.5. The van der Waals surface area contributed by atoms with Gasteiger partial charge in [-0.1, -0.05) is 24.6 Å². The number of unbranched alkanes of at least 4 members (excludes halogenated alkanes) is 1. The lowest BCUT2D eigenvalue weighted by Crippen LogP contribution is -2.34. The van der Waals surface area contributed by atoms with Crippen molar-refractivity contribution in [3.05, 3.63) is 47.7 Å². The number of methoxy groups -OCH3 is 1. The third kappa shape index (κ3) is 6.44. The highest BCUT2D eigenvalue weighted by molar-refractivity contribution is 5.81. The highest BCUT2D eigenvalue weighted by Crippen LogP contribution is 2.34. The predicted octanol–water partition coefficient (Wildman–Crippen LogP) is 5.51. The first kappa shape index (κ1) is 24.8. The minimum atomic E-state index is 0.416. The molecule has 1 aliphatic rings. The quantitative estimate of drug-likeness (QED) is 0.251. The third-order valence-corrected chi connectivity index (χ3v) is 6.50. The monoisotopic (exact) mass is 478 g/mol. The lowest BCUT2D eigenvalue weighted by atomic mass is 9.91. The molecule has 0 bridgehead atoms. The molecule has 0 N–H and O–H groups in total. The highest BCUT2D eigenvalue weighted by atomic mass is 16.5. The molecule has 0 unspecified atom stereocenters. The van der Waals surface area contributed by atoms with Gasteiger partial charge in [0.2, 0.25) is 0 Å². The molecule has 1 aromatic heterocycles. The van der Waals surface area contributed by atoms with Gasteiger partial charge in [0.25, 0.3) is 0 Å². The average Bonchev–Trinajstić information content (AvgIpc) is 3.31. The number of likely N-dealkylation sites (tertiary alicyclic amines) is 1. The molecule has 186 valence electrons. The summed E-state index contributed by atoms with van der Waals surface area (Å²) in [4.78, 5) is 13.0. The number of carbonyl (C=O) groups excluding carboxylic acids is 1. The largest absolute Gasteiger partial charge is 0.493 e. The number of ether oxygens (including phenoxy) is 3. The van der Waals surface area contributed by atoms with Crippen LogP contribution in [0.2, 0.25) is 0 Å². The second-order valence-corrected chi connectivity index (χ2v) is 8.92. The lowest BCUT2D eigenvalue weighted by Gasteiger charge is -2.31. The predicted molar refractivity (Wildman–Crippen MR) is 136 cm³/mol. The molecule has 2 heterocycles. The van der Waals surface area contributed by atoms with Crippen LogP contribution in [-0.4, -0.2) is 56.0 Å². The van der Waals surface area contributed by atoms with Crippen molar-refractivity contribution < 1.29 is 23.5 Å². The summed E-state index contributed by atoms with van der Waals surface area (Å²) in [6.07, 6.45) is 6.60. The molecule has 0 amide bonds. The summed E-state index contributed by atoms with van der Waals surface area (Å²) in [7, 11) is 1.60. The molecule has 1 saturated heterocycles. The Hall–Kier alpha value is -3.28. The fourth-order valence-electron chi connectivity index (χ4n) is 4.52. The molecule has 7 heteroatoms. The van der Waals surface area contributed by atoms with E-state index < -0.39 is 0 Å². The van der Waals surface area contributed by atoms with Crippen molar-refractivity contribution in [2.24, 2.45) is 0 Å². The minimum absolute atomic E-state index is 0.416. The number of hydrogen-bond donors (Lipinski definition) is 0. The Morgan fingerprint density at radius 3 is 2.69 bits per heavy atom. The van der Waals surface area contributed by atoms with Gasteiger partial charge in [0.15, 0.2) is 17.1 Å². The standard InChI is InChI=1S/C28H34N2O5/c1-3-4-17-33-23-7-8-24-26(20-23)35-29-28(24)22-10-14-30(15-11-22)13-5-18-34-25-9-6-21(12-16-31)19-27(25)32-2/h6-9,12,19-20,22H,3-5,10-11,13-15,17-18H2,1-2H3. The number of nitrogens with zero attached hydrogens (tertiary/aromatic N) is 2. The van der Waals surface area contributed by atoms with E-state index in [0.29, 0.717) is 24.0 Å². The van der Waals surface area contributed by atoms with Crippen LogP contribution in [0.15, 0.2) is 40.9 Å². The van der Waals surface area contributed by atoms with E-state index in [-0.39, 0.29) is 0 Å². The minimum Gasteiger partial charge on any atom is -0.493 e. The van der Waals surface area contributed by atoms with E-state index >= 15 is 0 Å². The van der Waals surface area contributed by atoms with Gasteiger partial charge in [0, 0.05) is 30.0 Å². The van der Waals surface area contributed by atoms with E-state index in [9.17, 15) is 4.79 Å². The van der Waals surface area contributed by atoms with Crippen LogP contribution >= 0.6 is 0 Å². The molecular weight excluding hydrogens is 444 g/mol. The SMILES string of the molecule is CCCCOc1ccc2c(C3CCN(CCCOc4ccc(C=C=O)cc4OC)CC3)noc2c1. The Morgan fingerprint density at radius 2 is 1.91 bits per heavy atom. The van der Waals surface area contributed by atoms with Crippen molar-refractivity contribution in [2.75, 3.05) is 40.0 Å². The average molecular weight is 479 g/mol. The zero-order valence-electron chi connectivity index (χ0n) is 20.6. The van der Waals surface area contributed by atoms with E-state index in [1.807, 2.05) is 24.3 Å². The first-order valence-electron chi connectivity index (χ1n) is 12.5. The maximum atomic E-state index is 10.5. The summed E-state index contributed by atoms with van der Waals surface area (Å²) < 4.78 is 22.7. The number of hydrogen-bond acceptors (Lipinski definition) is 7. The van der Waals surface area contributed by atoms with Gasteiger partial charge in [0.05, 0.1) is 26.0 Å². The van der Waals surface area contributed by atoms with Crippen LogP contribution in [0, 0.1) is 0 Å². The number of aromatic nitrogens is 1. The lowest BCUT2D eigenvalue weighted by molar-refractivity contribution is 0.189. The Kier molecular flexibility index (Phi) is 8.82. The van der Waals surface area contributed by atoms with Crippen LogP contribution in [0.1, 0.15) is 56.2 Å². The van der Waals surface area contributed by atoms with Gasteiger partial charge in [-0.2, -0.15) is 0 Å². The Bertz CT molecular complexity index is 1140.